The number of hydrogen-bond donors (Lipinski definition) is 2. The highest BCUT2D eigenvalue weighted by molar-refractivity contribution is 5.66. The second kappa shape index (κ2) is 5.19. The smallest absolute Gasteiger partial charge is 0.303 e. The number of carboxylic acids is 1. The van der Waals surface area contributed by atoms with Gasteiger partial charge in [-0.05, 0) is 33.6 Å². The van der Waals surface area contributed by atoms with Gasteiger partial charge in [-0.15, -0.1) is 0 Å². The van der Waals surface area contributed by atoms with E-state index in [-0.39, 0.29) is 12.0 Å². The van der Waals surface area contributed by atoms with E-state index < -0.39 is 12.3 Å². The molecule has 0 radical (unpaired) electrons. The van der Waals surface area contributed by atoms with Crippen LogP contribution in [0.15, 0.2) is 0 Å². The summed E-state index contributed by atoms with van der Waals surface area (Å²) in [4.78, 5) is 10.1. The van der Waals surface area contributed by atoms with Crippen molar-refractivity contribution in [2.24, 2.45) is 0 Å². The number of carbonyl (C=O) groups is 1. The van der Waals surface area contributed by atoms with Gasteiger partial charge in [0.05, 0.1) is 5.60 Å². The standard InChI is InChI=1S/C9H18O4/c1-9(2,3)13-8(12)6-4-5-7(10)11/h8,12H,4-6H2,1-3H3,(H,10,11). The fourth-order valence-electron chi connectivity index (χ4n) is 0.895. The summed E-state index contributed by atoms with van der Waals surface area (Å²) in [6.07, 6.45) is 0.0140. The predicted octanol–water partition coefficient (Wildman–Crippen LogP) is 1.37. The van der Waals surface area contributed by atoms with Gasteiger partial charge in [-0.25, -0.2) is 0 Å². The number of carboxylic acid groups (broad SMARTS) is 1. The average Bonchev–Trinajstić information content (AvgIpc) is 1.81. The van der Waals surface area contributed by atoms with Gasteiger partial charge in [-0.1, -0.05) is 0 Å². The van der Waals surface area contributed by atoms with Gasteiger partial charge in [-0.2, -0.15) is 0 Å². The van der Waals surface area contributed by atoms with Gasteiger partial charge in [-0.3, -0.25) is 4.79 Å². The molecule has 0 bridgehead atoms. The Hall–Kier alpha value is -0.610. The van der Waals surface area contributed by atoms with Crippen LogP contribution in [0.4, 0.5) is 0 Å². The Balaban J connectivity index is 3.52. The maximum Gasteiger partial charge on any atom is 0.303 e. The number of aliphatic hydroxyl groups excluding tert-OH is 1. The molecule has 2 N–H and O–H groups in total. The first-order valence-corrected chi connectivity index (χ1v) is 4.39. The molecule has 1 atom stereocenters. The van der Waals surface area contributed by atoms with Crippen LogP contribution in [0.1, 0.15) is 40.0 Å². The Kier molecular flexibility index (Phi) is 4.95. The summed E-state index contributed by atoms with van der Waals surface area (Å²) in [6, 6.07) is 0. The van der Waals surface area contributed by atoms with E-state index >= 15 is 0 Å². The van der Waals surface area contributed by atoms with E-state index in [0.717, 1.165) is 0 Å². The van der Waals surface area contributed by atoms with Crippen LogP contribution in [0.2, 0.25) is 0 Å². The lowest BCUT2D eigenvalue weighted by Gasteiger charge is -2.23. The largest absolute Gasteiger partial charge is 0.481 e. The summed E-state index contributed by atoms with van der Waals surface area (Å²) in [5.74, 6) is -0.844. The zero-order valence-corrected chi connectivity index (χ0v) is 8.41. The molecule has 0 spiro atoms. The van der Waals surface area contributed by atoms with Crippen molar-refractivity contribution in [3.8, 4) is 0 Å². The highest BCUT2D eigenvalue weighted by Gasteiger charge is 2.16. The molecule has 4 heteroatoms. The van der Waals surface area contributed by atoms with Gasteiger partial charge in [0.1, 0.15) is 0 Å². The average molecular weight is 190 g/mol. The van der Waals surface area contributed by atoms with Crippen LogP contribution >= 0.6 is 0 Å². The minimum atomic E-state index is -0.862. The fourth-order valence-corrected chi connectivity index (χ4v) is 0.895. The van der Waals surface area contributed by atoms with E-state index in [4.69, 9.17) is 9.84 Å². The molecule has 0 aromatic rings. The fraction of sp³-hybridized carbons (Fsp3) is 0.889. The topological polar surface area (TPSA) is 66.8 Å². The minimum Gasteiger partial charge on any atom is -0.481 e. The van der Waals surface area contributed by atoms with E-state index in [9.17, 15) is 9.90 Å². The summed E-state index contributed by atoms with van der Waals surface area (Å²) in [6.45, 7) is 5.52. The summed E-state index contributed by atoms with van der Waals surface area (Å²) in [5.41, 5.74) is -0.386. The van der Waals surface area contributed by atoms with Gasteiger partial charge in [0.25, 0.3) is 0 Å². The molecule has 0 heterocycles. The first-order valence-electron chi connectivity index (χ1n) is 4.39. The summed E-state index contributed by atoms with van der Waals surface area (Å²) in [5, 5.41) is 17.6. The van der Waals surface area contributed by atoms with Crippen molar-refractivity contribution in [2.75, 3.05) is 0 Å². The van der Waals surface area contributed by atoms with E-state index in [1.807, 2.05) is 20.8 Å². The zero-order chi connectivity index (χ0) is 10.5. The molecular formula is C9H18O4. The SMILES string of the molecule is CC(C)(C)OC(O)CCCC(=O)O. The Morgan fingerprint density at radius 1 is 1.46 bits per heavy atom. The second-order valence-corrected chi connectivity index (χ2v) is 3.97. The number of ether oxygens (including phenoxy) is 1. The second-order valence-electron chi connectivity index (χ2n) is 3.97. The monoisotopic (exact) mass is 190 g/mol. The Bertz CT molecular complexity index is 159. The number of aliphatic carboxylic acids is 1. The zero-order valence-electron chi connectivity index (χ0n) is 8.41. The molecule has 0 amide bonds. The lowest BCUT2D eigenvalue weighted by molar-refractivity contribution is -0.169. The Morgan fingerprint density at radius 3 is 2.38 bits per heavy atom. The molecule has 13 heavy (non-hydrogen) atoms. The van der Waals surface area contributed by atoms with Crippen molar-refractivity contribution in [1.29, 1.82) is 0 Å². The van der Waals surface area contributed by atoms with Crippen LogP contribution in [0, 0.1) is 0 Å². The molecule has 78 valence electrons. The Labute approximate surface area is 78.5 Å². The third-order valence-electron chi connectivity index (χ3n) is 1.33. The van der Waals surface area contributed by atoms with Crippen LogP contribution in [-0.4, -0.2) is 28.1 Å². The van der Waals surface area contributed by atoms with Crippen molar-refractivity contribution >= 4 is 5.97 Å². The predicted molar refractivity (Wildman–Crippen MR) is 48.3 cm³/mol. The van der Waals surface area contributed by atoms with Crippen LogP contribution in [0.3, 0.4) is 0 Å². The molecule has 0 fully saturated rings. The minimum absolute atomic E-state index is 0.0740. The van der Waals surface area contributed by atoms with E-state index in [1.54, 1.807) is 0 Å². The molecule has 0 aliphatic carbocycles. The number of aliphatic hydroxyl groups is 1. The van der Waals surface area contributed by atoms with E-state index in [1.165, 1.54) is 0 Å². The molecule has 0 rings (SSSR count). The van der Waals surface area contributed by atoms with Crippen LogP contribution < -0.4 is 0 Å². The van der Waals surface area contributed by atoms with E-state index in [0.29, 0.717) is 12.8 Å². The van der Waals surface area contributed by atoms with Crippen molar-refractivity contribution < 1.29 is 19.7 Å². The molecule has 0 aliphatic heterocycles. The molecule has 0 aromatic heterocycles. The molecule has 0 aromatic carbocycles. The van der Waals surface area contributed by atoms with Crippen LogP contribution in [-0.2, 0) is 9.53 Å². The number of rotatable bonds is 5. The normalized spacial score (nSPS) is 14.2. The maximum absolute atomic E-state index is 10.1. The molecule has 1 unspecified atom stereocenters. The summed E-state index contributed by atoms with van der Waals surface area (Å²) >= 11 is 0. The van der Waals surface area contributed by atoms with Crippen molar-refractivity contribution in [2.45, 2.75) is 51.9 Å². The van der Waals surface area contributed by atoms with Crippen molar-refractivity contribution in [3.05, 3.63) is 0 Å². The highest BCUT2D eigenvalue weighted by atomic mass is 16.6. The van der Waals surface area contributed by atoms with Crippen LogP contribution in [0.5, 0.6) is 0 Å². The lowest BCUT2D eigenvalue weighted by atomic mass is 10.2. The molecule has 0 saturated carbocycles. The summed E-state index contributed by atoms with van der Waals surface area (Å²) < 4.78 is 5.18. The van der Waals surface area contributed by atoms with Gasteiger partial charge in [0, 0.05) is 6.42 Å². The molecular weight excluding hydrogens is 172 g/mol. The molecule has 4 nitrogen and oxygen atoms in total. The van der Waals surface area contributed by atoms with Gasteiger partial charge in [0.2, 0.25) is 0 Å². The quantitative estimate of drug-likeness (QED) is 0.642. The van der Waals surface area contributed by atoms with Gasteiger partial charge < -0.3 is 14.9 Å². The molecule has 0 saturated heterocycles. The van der Waals surface area contributed by atoms with E-state index in [2.05, 4.69) is 0 Å². The van der Waals surface area contributed by atoms with Crippen LogP contribution in [0.25, 0.3) is 0 Å². The highest BCUT2D eigenvalue weighted by Crippen LogP contribution is 2.12. The lowest BCUT2D eigenvalue weighted by Crippen LogP contribution is -2.27. The summed E-state index contributed by atoms with van der Waals surface area (Å²) in [7, 11) is 0. The van der Waals surface area contributed by atoms with Crippen molar-refractivity contribution in [3.63, 3.8) is 0 Å². The maximum atomic E-state index is 10.1. The van der Waals surface area contributed by atoms with Crippen molar-refractivity contribution in [1.82, 2.24) is 0 Å². The molecule has 0 aliphatic rings. The third-order valence-corrected chi connectivity index (χ3v) is 1.33. The third kappa shape index (κ3) is 9.30. The number of hydrogen-bond acceptors (Lipinski definition) is 3. The Morgan fingerprint density at radius 2 is 2.00 bits per heavy atom. The van der Waals surface area contributed by atoms with Gasteiger partial charge >= 0.3 is 5.97 Å². The first kappa shape index (κ1) is 12.4. The first-order chi connectivity index (χ1) is 5.81. The van der Waals surface area contributed by atoms with Gasteiger partial charge in [0.15, 0.2) is 6.29 Å².